The number of carbonyl (C=O) groups excluding carboxylic acids is 1. The lowest BCUT2D eigenvalue weighted by Gasteiger charge is -2.19. The van der Waals surface area contributed by atoms with Crippen molar-refractivity contribution in [1.82, 2.24) is 10.3 Å². The molecule has 1 atom stereocenters. The summed E-state index contributed by atoms with van der Waals surface area (Å²) in [6, 6.07) is 8.31. The Morgan fingerprint density at radius 1 is 1.10 bits per heavy atom. The molecule has 11 heteroatoms. The van der Waals surface area contributed by atoms with Gasteiger partial charge in [0, 0.05) is 16.8 Å². The van der Waals surface area contributed by atoms with E-state index in [2.05, 4.69) is 20.9 Å². The van der Waals surface area contributed by atoms with Gasteiger partial charge in [0.2, 0.25) is 0 Å². The summed E-state index contributed by atoms with van der Waals surface area (Å²) < 4.78 is 52.3. The number of thiazole rings is 1. The zero-order valence-corrected chi connectivity index (χ0v) is 17.6. The van der Waals surface area contributed by atoms with Gasteiger partial charge in [-0.15, -0.1) is 11.3 Å². The number of anilines is 2. The van der Waals surface area contributed by atoms with Crippen molar-refractivity contribution in [2.75, 3.05) is 10.6 Å². The van der Waals surface area contributed by atoms with Crippen molar-refractivity contribution in [3.63, 3.8) is 0 Å². The fourth-order valence-electron chi connectivity index (χ4n) is 2.63. The third-order valence-electron chi connectivity index (χ3n) is 4.16. The summed E-state index contributed by atoms with van der Waals surface area (Å²) in [5.41, 5.74) is 2.06. The van der Waals surface area contributed by atoms with E-state index in [9.17, 15) is 22.4 Å². The number of amides is 1. The van der Waals surface area contributed by atoms with Crippen molar-refractivity contribution < 1.29 is 22.4 Å². The monoisotopic (exact) mass is 468 g/mol. The molecule has 162 valence electrons. The average molecular weight is 469 g/mol. The Bertz CT molecular complexity index is 1070. The van der Waals surface area contributed by atoms with Crippen LogP contribution in [0.25, 0.3) is 0 Å². The van der Waals surface area contributed by atoms with Crippen molar-refractivity contribution in [2.45, 2.75) is 19.1 Å². The van der Waals surface area contributed by atoms with Crippen molar-refractivity contribution in [1.29, 1.82) is 0 Å². The number of rotatable bonds is 5. The highest BCUT2D eigenvalue weighted by Crippen LogP contribution is 2.31. The highest BCUT2D eigenvalue weighted by Gasteiger charge is 2.31. The molecule has 1 aromatic heterocycles. The molecule has 3 aromatic rings. The van der Waals surface area contributed by atoms with Gasteiger partial charge in [0.1, 0.15) is 11.5 Å². The van der Waals surface area contributed by atoms with Crippen LogP contribution < -0.4 is 16.0 Å². The maximum Gasteiger partial charge on any atom is 0.416 e. The van der Waals surface area contributed by atoms with Gasteiger partial charge in [-0.25, -0.2) is 9.37 Å². The predicted octanol–water partition coefficient (Wildman–Crippen LogP) is 5.60. The summed E-state index contributed by atoms with van der Waals surface area (Å²) in [5.74, 6) is -1.31. The predicted molar refractivity (Wildman–Crippen MR) is 116 cm³/mol. The minimum atomic E-state index is -4.65. The summed E-state index contributed by atoms with van der Waals surface area (Å²) in [4.78, 5) is 15.9. The Hall–Kier alpha value is -3.05. The van der Waals surface area contributed by atoms with Crippen LogP contribution in [0.5, 0.6) is 0 Å². The van der Waals surface area contributed by atoms with Crippen molar-refractivity contribution in [3.8, 4) is 0 Å². The molecule has 1 unspecified atom stereocenters. The molecule has 0 saturated heterocycles. The molecule has 1 amide bonds. The van der Waals surface area contributed by atoms with E-state index >= 15 is 0 Å². The molecular weight excluding hydrogens is 452 g/mol. The summed E-state index contributed by atoms with van der Waals surface area (Å²) >= 11 is 6.51. The maximum atomic E-state index is 13.6. The maximum absolute atomic E-state index is 13.6. The first-order valence-corrected chi connectivity index (χ1v) is 10.2. The largest absolute Gasteiger partial charge is 0.416 e. The molecule has 0 aliphatic heterocycles. The lowest BCUT2D eigenvalue weighted by Crippen LogP contribution is -2.31. The molecule has 0 spiro atoms. The van der Waals surface area contributed by atoms with Crippen LogP contribution in [-0.4, -0.2) is 16.0 Å². The van der Waals surface area contributed by atoms with Gasteiger partial charge >= 0.3 is 6.18 Å². The van der Waals surface area contributed by atoms with Crippen LogP contribution in [0.4, 0.5) is 28.9 Å². The highest BCUT2D eigenvalue weighted by atomic mass is 32.1. The number of hydrogen-bond donors (Lipinski definition) is 3. The normalized spacial score (nSPS) is 12.2. The van der Waals surface area contributed by atoms with E-state index in [1.165, 1.54) is 11.3 Å². The molecule has 31 heavy (non-hydrogen) atoms. The number of aromatic nitrogens is 1. The zero-order valence-electron chi connectivity index (χ0n) is 16.0. The molecule has 1 heterocycles. The number of hydrogen-bond acceptors (Lipinski definition) is 4. The number of nitrogens with one attached hydrogen (secondary N) is 3. The van der Waals surface area contributed by atoms with Gasteiger partial charge in [-0.3, -0.25) is 4.79 Å². The number of alkyl halides is 3. The van der Waals surface area contributed by atoms with Crippen LogP contribution in [0.3, 0.4) is 0 Å². The standard InChI is InChI=1S/C20H16F4N4OS2/c1-11(12-6-13(20(22,23)24)8-14(21)7-12)26-19(30)28-16-4-2-15(3-5-16)27-18(29)17-9-31-10-25-17/h2-11H,1H3,(H,27,29)(H2,26,28,30). The van der Waals surface area contributed by atoms with E-state index in [0.717, 1.165) is 12.1 Å². The fourth-order valence-corrected chi connectivity index (χ4v) is 3.46. The second-order valence-electron chi connectivity index (χ2n) is 6.50. The topological polar surface area (TPSA) is 66.0 Å². The molecule has 0 aliphatic rings. The van der Waals surface area contributed by atoms with Crippen LogP contribution in [0.15, 0.2) is 53.4 Å². The van der Waals surface area contributed by atoms with Gasteiger partial charge in [0.05, 0.1) is 17.1 Å². The van der Waals surface area contributed by atoms with E-state index in [-0.39, 0.29) is 16.6 Å². The molecule has 3 N–H and O–H groups in total. The van der Waals surface area contributed by atoms with Crippen LogP contribution in [0.1, 0.15) is 34.6 Å². The third kappa shape index (κ3) is 6.22. The van der Waals surface area contributed by atoms with Crippen molar-refractivity contribution in [2.24, 2.45) is 0 Å². The van der Waals surface area contributed by atoms with Gasteiger partial charge in [-0.2, -0.15) is 13.2 Å². The van der Waals surface area contributed by atoms with Gasteiger partial charge in [-0.1, -0.05) is 0 Å². The molecule has 0 radical (unpaired) electrons. The number of halogens is 4. The minimum Gasteiger partial charge on any atom is -0.356 e. The van der Waals surface area contributed by atoms with E-state index in [1.807, 2.05) is 0 Å². The Kier molecular flexibility index (Phi) is 6.86. The second kappa shape index (κ2) is 9.40. The van der Waals surface area contributed by atoms with E-state index < -0.39 is 23.6 Å². The Morgan fingerprint density at radius 2 is 1.74 bits per heavy atom. The van der Waals surface area contributed by atoms with Gasteiger partial charge in [0.15, 0.2) is 5.11 Å². The Labute approximate surface area is 184 Å². The van der Waals surface area contributed by atoms with Gasteiger partial charge < -0.3 is 16.0 Å². The number of benzene rings is 2. The lowest BCUT2D eigenvalue weighted by molar-refractivity contribution is -0.137. The first kappa shape index (κ1) is 22.6. The van der Waals surface area contributed by atoms with E-state index in [4.69, 9.17) is 12.2 Å². The summed E-state index contributed by atoms with van der Waals surface area (Å²) in [6.07, 6.45) is -4.65. The smallest absolute Gasteiger partial charge is 0.356 e. The van der Waals surface area contributed by atoms with Crippen LogP contribution in [-0.2, 0) is 6.18 Å². The zero-order chi connectivity index (χ0) is 22.6. The molecule has 3 rings (SSSR count). The van der Waals surface area contributed by atoms with Crippen LogP contribution in [0.2, 0.25) is 0 Å². The van der Waals surface area contributed by atoms with Crippen molar-refractivity contribution >= 4 is 45.9 Å². The molecule has 0 bridgehead atoms. The molecular formula is C20H16F4N4OS2. The third-order valence-corrected chi connectivity index (χ3v) is 4.97. The number of thiocarbonyl (C=S) groups is 1. The average Bonchev–Trinajstić information content (AvgIpc) is 3.23. The molecule has 5 nitrogen and oxygen atoms in total. The van der Waals surface area contributed by atoms with Crippen molar-refractivity contribution in [3.05, 3.63) is 76.0 Å². The molecule has 0 aliphatic carbocycles. The first-order chi connectivity index (χ1) is 14.6. The molecule has 0 fully saturated rings. The van der Waals surface area contributed by atoms with Gasteiger partial charge in [0.25, 0.3) is 5.91 Å². The SMILES string of the molecule is CC(NC(=S)Nc1ccc(NC(=O)c2cscn2)cc1)c1cc(F)cc(C(F)(F)F)c1. The Balaban J connectivity index is 1.59. The highest BCUT2D eigenvalue weighted by molar-refractivity contribution is 7.80. The first-order valence-electron chi connectivity index (χ1n) is 8.86. The molecule has 0 saturated carbocycles. The quantitative estimate of drug-likeness (QED) is 0.336. The van der Waals surface area contributed by atoms with E-state index in [0.29, 0.717) is 23.1 Å². The second-order valence-corrected chi connectivity index (χ2v) is 7.62. The van der Waals surface area contributed by atoms with Crippen LogP contribution >= 0.6 is 23.6 Å². The summed E-state index contributed by atoms with van der Waals surface area (Å²) in [5, 5.41) is 10.2. The van der Waals surface area contributed by atoms with Gasteiger partial charge in [-0.05, 0) is 67.2 Å². The summed E-state index contributed by atoms with van der Waals surface area (Å²) in [7, 11) is 0. The molecule has 2 aromatic carbocycles. The Morgan fingerprint density at radius 3 is 2.32 bits per heavy atom. The lowest BCUT2D eigenvalue weighted by atomic mass is 10.0. The fraction of sp³-hybridized carbons (Fsp3) is 0.150. The summed E-state index contributed by atoms with van der Waals surface area (Å²) in [6.45, 7) is 1.57. The minimum absolute atomic E-state index is 0.108. The number of nitrogens with zero attached hydrogens (tertiary/aromatic N) is 1. The van der Waals surface area contributed by atoms with Crippen LogP contribution in [0, 0.1) is 5.82 Å². The van der Waals surface area contributed by atoms with E-state index in [1.54, 1.807) is 42.1 Å². The number of carbonyl (C=O) groups is 1.